The zero-order valence-corrected chi connectivity index (χ0v) is 17.6. The Kier molecular flexibility index (Phi) is 6.30. The molecule has 0 aromatic carbocycles. The third-order valence-electron chi connectivity index (χ3n) is 5.86. The van der Waals surface area contributed by atoms with E-state index < -0.39 is 41.3 Å². The zero-order chi connectivity index (χ0) is 22.1. The van der Waals surface area contributed by atoms with Gasteiger partial charge in [0, 0.05) is 30.9 Å². The number of methoxy groups -OCH3 is 2. The summed E-state index contributed by atoms with van der Waals surface area (Å²) in [5.74, 6) is -3.13. The second-order valence-electron chi connectivity index (χ2n) is 7.33. The first kappa shape index (κ1) is 22.0. The summed E-state index contributed by atoms with van der Waals surface area (Å²) in [5.41, 5.74) is -0.258. The van der Waals surface area contributed by atoms with Crippen molar-refractivity contribution < 1.29 is 42.9 Å². The van der Waals surface area contributed by atoms with Crippen molar-refractivity contribution in [3.63, 3.8) is 0 Å². The minimum atomic E-state index is -1.69. The lowest BCUT2D eigenvalue weighted by atomic mass is 9.77. The van der Waals surface area contributed by atoms with E-state index >= 15 is 0 Å². The molecule has 0 N–H and O–H groups in total. The summed E-state index contributed by atoms with van der Waals surface area (Å²) >= 11 is 0. The van der Waals surface area contributed by atoms with Crippen molar-refractivity contribution in [1.29, 1.82) is 0 Å². The summed E-state index contributed by atoms with van der Waals surface area (Å²) in [6.45, 7) is 4.05. The lowest BCUT2D eigenvalue weighted by Crippen LogP contribution is -2.39. The van der Waals surface area contributed by atoms with Gasteiger partial charge in [0.2, 0.25) is 0 Å². The minimum Gasteiger partial charge on any atom is -0.468 e. The predicted molar refractivity (Wildman–Crippen MR) is 101 cm³/mol. The first-order valence-electron chi connectivity index (χ1n) is 9.95. The molecule has 1 aliphatic heterocycles. The Labute approximate surface area is 174 Å². The van der Waals surface area contributed by atoms with E-state index in [0.717, 1.165) is 0 Å². The Morgan fingerprint density at radius 2 is 1.40 bits per heavy atom. The van der Waals surface area contributed by atoms with Gasteiger partial charge in [0.05, 0.1) is 39.1 Å². The second kappa shape index (κ2) is 8.59. The molecule has 9 heteroatoms. The molecule has 0 amide bonds. The Morgan fingerprint density at radius 3 is 1.90 bits per heavy atom. The molecule has 2 fully saturated rings. The first-order chi connectivity index (χ1) is 14.4. The molecule has 2 aliphatic carbocycles. The van der Waals surface area contributed by atoms with E-state index in [1.807, 2.05) is 0 Å². The topological polar surface area (TPSA) is 114 Å². The largest absolute Gasteiger partial charge is 0.468 e. The van der Waals surface area contributed by atoms with Crippen LogP contribution in [0.5, 0.6) is 0 Å². The summed E-state index contributed by atoms with van der Waals surface area (Å²) < 4.78 is 26.1. The molecule has 0 unspecified atom stereocenters. The van der Waals surface area contributed by atoms with E-state index in [9.17, 15) is 19.2 Å². The molecule has 1 saturated carbocycles. The normalized spacial score (nSPS) is 24.1. The maximum absolute atomic E-state index is 12.9. The first-order valence-corrected chi connectivity index (χ1v) is 9.95. The lowest BCUT2D eigenvalue weighted by molar-refractivity contribution is -0.168. The number of carbonyl (C=O) groups is 4. The number of allylic oxidation sites excluding steroid dienone is 2. The van der Waals surface area contributed by atoms with Gasteiger partial charge in [-0.3, -0.25) is 9.59 Å². The molecule has 0 radical (unpaired) electrons. The Hall–Kier alpha value is -2.68. The van der Waals surface area contributed by atoms with Gasteiger partial charge in [-0.05, 0) is 31.4 Å². The predicted octanol–water partition coefficient (Wildman–Crippen LogP) is 1.25. The number of rotatable bonds is 6. The second-order valence-corrected chi connectivity index (χ2v) is 7.33. The van der Waals surface area contributed by atoms with Gasteiger partial charge >= 0.3 is 23.9 Å². The molecule has 0 aromatic rings. The number of hydrogen-bond donors (Lipinski definition) is 0. The van der Waals surface area contributed by atoms with E-state index in [1.54, 1.807) is 13.8 Å². The van der Waals surface area contributed by atoms with Crippen molar-refractivity contribution in [3.8, 4) is 0 Å². The molecule has 0 aromatic heterocycles. The van der Waals surface area contributed by atoms with Crippen LogP contribution in [0.1, 0.15) is 33.1 Å². The summed E-state index contributed by atoms with van der Waals surface area (Å²) in [5, 5.41) is 0. The van der Waals surface area contributed by atoms with Crippen LogP contribution in [0.25, 0.3) is 0 Å². The van der Waals surface area contributed by atoms with Crippen LogP contribution in [-0.2, 0) is 42.9 Å². The maximum Gasteiger partial charge on any atom is 0.336 e. The average Bonchev–Trinajstić information content (AvgIpc) is 3.36. The SMILES string of the molecule is CCOC(=O)C1=C2CC(C(=O)OC)(C(=O)OC)CC2=C(C(=O)OCC)[C@@H]2OCC[C@H]12. The monoisotopic (exact) mass is 422 g/mol. The Bertz CT molecular complexity index is 767. The smallest absolute Gasteiger partial charge is 0.336 e. The highest BCUT2D eigenvalue weighted by molar-refractivity contribution is 6.05. The molecule has 9 nitrogen and oxygen atoms in total. The Balaban J connectivity index is 2.26. The molecule has 2 atom stereocenters. The van der Waals surface area contributed by atoms with Crippen LogP contribution in [0.2, 0.25) is 0 Å². The van der Waals surface area contributed by atoms with Gasteiger partial charge in [-0.15, -0.1) is 0 Å². The van der Waals surface area contributed by atoms with Crippen molar-refractivity contribution in [2.75, 3.05) is 34.0 Å². The molecule has 3 rings (SSSR count). The average molecular weight is 422 g/mol. The van der Waals surface area contributed by atoms with Crippen LogP contribution in [-0.4, -0.2) is 64.0 Å². The van der Waals surface area contributed by atoms with Crippen LogP contribution in [0.15, 0.2) is 22.3 Å². The number of carbonyl (C=O) groups excluding carboxylic acids is 4. The fourth-order valence-electron chi connectivity index (χ4n) is 4.65. The number of hydrogen-bond acceptors (Lipinski definition) is 9. The molecule has 1 heterocycles. The van der Waals surface area contributed by atoms with E-state index in [0.29, 0.717) is 29.7 Å². The van der Waals surface area contributed by atoms with Crippen LogP contribution in [0.4, 0.5) is 0 Å². The molecule has 0 bridgehead atoms. The Morgan fingerprint density at radius 1 is 0.900 bits per heavy atom. The number of esters is 4. The van der Waals surface area contributed by atoms with Crippen LogP contribution >= 0.6 is 0 Å². The minimum absolute atomic E-state index is 0.123. The van der Waals surface area contributed by atoms with Gasteiger partial charge in [0.25, 0.3) is 0 Å². The number of ether oxygens (including phenoxy) is 5. The molecule has 164 valence electrons. The summed E-state index contributed by atoms with van der Waals surface area (Å²) in [7, 11) is 2.35. The third-order valence-corrected chi connectivity index (χ3v) is 5.86. The van der Waals surface area contributed by atoms with Crippen molar-refractivity contribution >= 4 is 23.9 Å². The van der Waals surface area contributed by atoms with E-state index in [1.165, 1.54) is 14.2 Å². The highest BCUT2D eigenvalue weighted by Gasteiger charge is 2.59. The van der Waals surface area contributed by atoms with E-state index in [4.69, 9.17) is 23.7 Å². The van der Waals surface area contributed by atoms with Crippen molar-refractivity contribution in [2.24, 2.45) is 11.3 Å². The van der Waals surface area contributed by atoms with Gasteiger partial charge in [0.1, 0.15) is 0 Å². The van der Waals surface area contributed by atoms with Gasteiger partial charge < -0.3 is 23.7 Å². The molecular formula is C21H26O9. The summed E-state index contributed by atoms with van der Waals surface area (Å²) in [6.07, 6.45) is -0.469. The maximum atomic E-state index is 12.9. The lowest BCUT2D eigenvalue weighted by Gasteiger charge is -2.30. The highest BCUT2D eigenvalue weighted by atomic mass is 16.6. The van der Waals surface area contributed by atoms with Crippen LogP contribution in [0.3, 0.4) is 0 Å². The molecule has 0 spiro atoms. The van der Waals surface area contributed by atoms with Crippen LogP contribution < -0.4 is 0 Å². The zero-order valence-electron chi connectivity index (χ0n) is 17.6. The summed E-state index contributed by atoms with van der Waals surface area (Å²) in [4.78, 5) is 51.1. The molecular weight excluding hydrogens is 396 g/mol. The molecule has 30 heavy (non-hydrogen) atoms. The summed E-state index contributed by atoms with van der Waals surface area (Å²) in [6, 6.07) is 0. The number of fused-ring (bicyclic) bond motifs is 2. The van der Waals surface area contributed by atoms with E-state index in [2.05, 4.69) is 0 Å². The van der Waals surface area contributed by atoms with Crippen molar-refractivity contribution in [1.82, 2.24) is 0 Å². The third kappa shape index (κ3) is 3.30. The molecule has 1 saturated heterocycles. The van der Waals surface area contributed by atoms with Crippen molar-refractivity contribution in [2.45, 2.75) is 39.2 Å². The van der Waals surface area contributed by atoms with Crippen molar-refractivity contribution in [3.05, 3.63) is 22.3 Å². The fraction of sp³-hybridized carbons (Fsp3) is 0.619. The van der Waals surface area contributed by atoms with Crippen LogP contribution in [0, 0.1) is 11.3 Å². The van der Waals surface area contributed by atoms with Gasteiger partial charge in [-0.2, -0.15) is 0 Å². The highest BCUT2D eigenvalue weighted by Crippen LogP contribution is 2.55. The quantitative estimate of drug-likeness (QED) is 0.354. The van der Waals surface area contributed by atoms with Gasteiger partial charge in [0.15, 0.2) is 5.41 Å². The molecule has 3 aliphatic rings. The van der Waals surface area contributed by atoms with E-state index in [-0.39, 0.29) is 31.6 Å². The van der Waals surface area contributed by atoms with Gasteiger partial charge in [-0.1, -0.05) is 0 Å². The fourth-order valence-corrected chi connectivity index (χ4v) is 4.65. The van der Waals surface area contributed by atoms with Gasteiger partial charge in [-0.25, -0.2) is 9.59 Å². The standard InChI is InChI=1S/C21H26O9/c1-5-28-17(22)14-11-7-8-30-16(11)15(18(23)29-6-2)13-10-21(9-12(13)14,19(24)26-3)20(25)27-4/h11,16H,5-10H2,1-4H3/t11-,16-/m1/s1.